The topological polar surface area (TPSA) is 56.7 Å². The molecule has 0 aromatic carbocycles. The van der Waals surface area contributed by atoms with E-state index in [0.29, 0.717) is 5.82 Å². The van der Waals surface area contributed by atoms with Crippen molar-refractivity contribution in [3.05, 3.63) is 42.4 Å². The predicted molar refractivity (Wildman–Crippen MR) is 53.9 cm³/mol. The summed E-state index contributed by atoms with van der Waals surface area (Å²) in [7, 11) is 0. The van der Waals surface area contributed by atoms with E-state index in [4.69, 9.17) is 5.73 Å². The fraction of sp³-hybridized carbons (Fsp3) is 0.200. The van der Waals surface area contributed by atoms with Crippen LogP contribution in [0, 0.1) is 5.82 Å². The minimum atomic E-state index is -0.360. The van der Waals surface area contributed by atoms with Crippen molar-refractivity contribution >= 4 is 0 Å². The number of pyridine rings is 1. The molecule has 2 rings (SSSR count). The fourth-order valence-electron chi connectivity index (χ4n) is 1.34. The molecule has 0 fully saturated rings. The lowest BCUT2D eigenvalue weighted by Crippen LogP contribution is -2.11. The minimum Gasteiger partial charge on any atom is -0.323 e. The van der Waals surface area contributed by atoms with Gasteiger partial charge in [-0.1, -0.05) is 0 Å². The second-order valence-corrected chi connectivity index (χ2v) is 3.31. The van der Waals surface area contributed by atoms with Crippen LogP contribution in [0.4, 0.5) is 4.39 Å². The molecule has 1 atom stereocenters. The summed E-state index contributed by atoms with van der Waals surface area (Å²) in [5, 5.41) is 0. The minimum absolute atomic E-state index is 0.139. The van der Waals surface area contributed by atoms with E-state index in [1.807, 2.05) is 6.92 Å². The van der Waals surface area contributed by atoms with Gasteiger partial charge in [0.25, 0.3) is 0 Å². The number of imidazole rings is 1. The molecule has 78 valence electrons. The van der Waals surface area contributed by atoms with E-state index >= 15 is 0 Å². The molecule has 0 amide bonds. The predicted octanol–water partition coefficient (Wildman–Crippen LogP) is 1.43. The quantitative estimate of drug-likeness (QED) is 0.808. The lowest BCUT2D eigenvalue weighted by molar-refractivity contribution is 0.619. The maximum Gasteiger partial charge on any atom is 0.141 e. The number of hydrogen-bond donors (Lipinski definition) is 1. The highest BCUT2D eigenvalue weighted by molar-refractivity contribution is 5.26. The number of halogens is 1. The zero-order chi connectivity index (χ0) is 10.8. The first kappa shape index (κ1) is 9.79. The summed E-state index contributed by atoms with van der Waals surface area (Å²) >= 11 is 0. The number of nitrogens with two attached hydrogens (primary N) is 1. The van der Waals surface area contributed by atoms with Crippen molar-refractivity contribution in [2.24, 2.45) is 5.73 Å². The first-order valence-electron chi connectivity index (χ1n) is 4.58. The Morgan fingerprint density at radius 2 is 2.20 bits per heavy atom. The Hall–Kier alpha value is -1.75. The molecule has 0 saturated heterocycles. The van der Waals surface area contributed by atoms with Crippen LogP contribution < -0.4 is 5.73 Å². The molecule has 15 heavy (non-hydrogen) atoms. The second-order valence-electron chi connectivity index (χ2n) is 3.31. The van der Waals surface area contributed by atoms with Gasteiger partial charge in [0.2, 0.25) is 0 Å². The lowest BCUT2D eigenvalue weighted by Gasteiger charge is -2.09. The largest absolute Gasteiger partial charge is 0.323 e. The van der Waals surface area contributed by atoms with Crippen molar-refractivity contribution in [3.8, 4) is 5.82 Å². The van der Waals surface area contributed by atoms with E-state index in [2.05, 4.69) is 9.97 Å². The van der Waals surface area contributed by atoms with Gasteiger partial charge >= 0.3 is 0 Å². The maximum absolute atomic E-state index is 12.7. The van der Waals surface area contributed by atoms with Gasteiger partial charge < -0.3 is 5.73 Å². The number of aromatic nitrogens is 3. The van der Waals surface area contributed by atoms with Gasteiger partial charge in [0.05, 0.1) is 18.1 Å². The van der Waals surface area contributed by atoms with E-state index in [9.17, 15) is 4.39 Å². The van der Waals surface area contributed by atoms with Crippen molar-refractivity contribution in [2.45, 2.75) is 13.0 Å². The molecule has 0 aliphatic carbocycles. The van der Waals surface area contributed by atoms with Gasteiger partial charge in [-0.25, -0.2) is 14.4 Å². The Kier molecular flexibility index (Phi) is 2.47. The highest BCUT2D eigenvalue weighted by Crippen LogP contribution is 2.13. The molecule has 0 spiro atoms. The average molecular weight is 206 g/mol. The summed E-state index contributed by atoms with van der Waals surface area (Å²) in [4.78, 5) is 7.95. The monoisotopic (exact) mass is 206 g/mol. The van der Waals surface area contributed by atoms with Gasteiger partial charge in [-0.05, 0) is 19.1 Å². The molecule has 2 N–H and O–H groups in total. The summed E-state index contributed by atoms with van der Waals surface area (Å²) in [5.74, 6) is 0.252. The van der Waals surface area contributed by atoms with E-state index in [-0.39, 0.29) is 11.9 Å². The molecule has 0 aliphatic heterocycles. The van der Waals surface area contributed by atoms with E-state index < -0.39 is 0 Å². The lowest BCUT2D eigenvalue weighted by atomic mass is 10.2. The Morgan fingerprint density at radius 1 is 1.40 bits per heavy atom. The van der Waals surface area contributed by atoms with E-state index in [1.165, 1.54) is 12.3 Å². The molecular weight excluding hydrogens is 195 g/mol. The molecule has 2 aromatic rings. The van der Waals surface area contributed by atoms with E-state index in [1.54, 1.807) is 23.2 Å². The third-order valence-corrected chi connectivity index (χ3v) is 2.09. The van der Waals surface area contributed by atoms with Gasteiger partial charge in [0, 0.05) is 6.04 Å². The summed E-state index contributed by atoms with van der Waals surface area (Å²) in [6.07, 6.45) is 4.45. The maximum atomic E-state index is 12.7. The molecule has 2 heterocycles. The summed E-state index contributed by atoms with van der Waals surface area (Å²) in [5.41, 5.74) is 6.61. The van der Waals surface area contributed by atoms with Crippen molar-refractivity contribution in [2.75, 3.05) is 0 Å². The van der Waals surface area contributed by atoms with Crippen molar-refractivity contribution in [3.63, 3.8) is 0 Å². The highest BCUT2D eigenvalue weighted by atomic mass is 19.1. The Morgan fingerprint density at radius 3 is 2.80 bits per heavy atom. The van der Waals surface area contributed by atoms with Gasteiger partial charge in [0.15, 0.2) is 0 Å². The molecule has 2 aromatic heterocycles. The van der Waals surface area contributed by atoms with Crippen LogP contribution in [-0.2, 0) is 0 Å². The highest BCUT2D eigenvalue weighted by Gasteiger charge is 2.08. The fourth-order valence-corrected chi connectivity index (χ4v) is 1.34. The Balaban J connectivity index is 2.45. The first-order valence-corrected chi connectivity index (χ1v) is 4.58. The normalized spacial score (nSPS) is 12.7. The molecule has 0 saturated carbocycles. The van der Waals surface area contributed by atoms with Crippen LogP contribution >= 0.6 is 0 Å². The molecule has 4 nitrogen and oxygen atoms in total. The Labute approximate surface area is 86.6 Å². The van der Waals surface area contributed by atoms with Crippen molar-refractivity contribution in [1.82, 2.24) is 14.5 Å². The number of rotatable bonds is 2. The molecular formula is C10H11FN4. The first-order chi connectivity index (χ1) is 7.18. The van der Waals surface area contributed by atoms with Crippen LogP contribution in [0.25, 0.3) is 5.82 Å². The summed E-state index contributed by atoms with van der Waals surface area (Å²) in [6.45, 7) is 1.86. The average Bonchev–Trinajstić information content (AvgIpc) is 2.67. The molecule has 1 unspecified atom stereocenters. The van der Waals surface area contributed by atoms with Gasteiger partial charge in [-0.2, -0.15) is 0 Å². The van der Waals surface area contributed by atoms with Crippen LogP contribution in [0.2, 0.25) is 0 Å². The second kappa shape index (κ2) is 3.78. The van der Waals surface area contributed by atoms with Crippen LogP contribution in [0.3, 0.4) is 0 Å². The zero-order valence-corrected chi connectivity index (χ0v) is 8.26. The van der Waals surface area contributed by atoms with Gasteiger partial charge in [-0.3, -0.25) is 4.57 Å². The van der Waals surface area contributed by atoms with E-state index in [0.717, 1.165) is 5.69 Å². The standard InChI is InChI=1S/C10H11FN4/c1-7(12)9-5-13-6-15(9)10-3-2-8(11)4-14-10/h2-7H,12H2,1H3. The SMILES string of the molecule is CC(N)c1cncn1-c1ccc(F)cn1. The van der Waals surface area contributed by atoms with Crippen molar-refractivity contribution in [1.29, 1.82) is 0 Å². The van der Waals surface area contributed by atoms with Crippen LogP contribution in [-0.4, -0.2) is 14.5 Å². The molecule has 0 aliphatic rings. The summed E-state index contributed by atoms with van der Waals surface area (Å²) in [6, 6.07) is 2.80. The van der Waals surface area contributed by atoms with Crippen LogP contribution in [0.1, 0.15) is 18.7 Å². The number of hydrogen-bond acceptors (Lipinski definition) is 3. The molecule has 0 bridgehead atoms. The number of nitrogens with zero attached hydrogens (tertiary/aromatic N) is 3. The molecule has 0 radical (unpaired) electrons. The third-order valence-electron chi connectivity index (χ3n) is 2.09. The smallest absolute Gasteiger partial charge is 0.141 e. The van der Waals surface area contributed by atoms with Gasteiger partial charge in [0.1, 0.15) is 18.0 Å². The third kappa shape index (κ3) is 1.87. The van der Waals surface area contributed by atoms with Crippen molar-refractivity contribution < 1.29 is 4.39 Å². The van der Waals surface area contributed by atoms with Gasteiger partial charge in [-0.15, -0.1) is 0 Å². The van der Waals surface area contributed by atoms with Crippen LogP contribution in [0.15, 0.2) is 30.9 Å². The molecule has 5 heteroatoms. The Bertz CT molecular complexity index is 447. The summed E-state index contributed by atoms with van der Waals surface area (Å²) < 4.78 is 14.4. The zero-order valence-electron chi connectivity index (χ0n) is 8.26. The van der Waals surface area contributed by atoms with Crippen LogP contribution in [0.5, 0.6) is 0 Å².